The third-order valence-electron chi connectivity index (χ3n) is 3.70. The van der Waals surface area contributed by atoms with Gasteiger partial charge in [0.25, 0.3) is 5.91 Å². The molecule has 0 spiro atoms. The standard InChI is InChI=1S/C16H16FNO2S/c17-12-3-1-11(2-4-12)14-5-6-15(21-14)16(20)18-9-7-13(19)8-10-18/h1-6,13,19H,7-10H2. The van der Waals surface area contributed by atoms with Gasteiger partial charge in [-0.1, -0.05) is 12.1 Å². The van der Waals surface area contributed by atoms with Gasteiger partial charge >= 0.3 is 0 Å². The largest absolute Gasteiger partial charge is 0.393 e. The monoisotopic (exact) mass is 305 g/mol. The van der Waals surface area contributed by atoms with E-state index in [1.54, 1.807) is 17.0 Å². The van der Waals surface area contributed by atoms with Crippen LogP contribution in [0, 0.1) is 5.82 Å². The zero-order valence-corrected chi connectivity index (χ0v) is 12.3. The Balaban J connectivity index is 1.75. The lowest BCUT2D eigenvalue weighted by Gasteiger charge is -2.29. The van der Waals surface area contributed by atoms with E-state index in [9.17, 15) is 14.3 Å². The van der Waals surface area contributed by atoms with Crippen LogP contribution in [-0.2, 0) is 0 Å². The van der Waals surface area contributed by atoms with E-state index in [2.05, 4.69) is 0 Å². The third-order valence-corrected chi connectivity index (χ3v) is 4.82. The zero-order valence-electron chi connectivity index (χ0n) is 11.5. The number of aliphatic hydroxyl groups is 1. The number of amides is 1. The molecule has 3 rings (SSSR count). The van der Waals surface area contributed by atoms with Crippen molar-refractivity contribution in [2.24, 2.45) is 0 Å². The van der Waals surface area contributed by atoms with Crippen LogP contribution in [0.3, 0.4) is 0 Å². The first kappa shape index (κ1) is 14.2. The molecule has 1 N–H and O–H groups in total. The number of thiophene rings is 1. The maximum Gasteiger partial charge on any atom is 0.263 e. The fourth-order valence-electron chi connectivity index (χ4n) is 2.45. The molecule has 2 heterocycles. The molecule has 3 nitrogen and oxygen atoms in total. The van der Waals surface area contributed by atoms with Crippen molar-refractivity contribution < 1.29 is 14.3 Å². The van der Waals surface area contributed by atoms with Crippen molar-refractivity contribution in [3.8, 4) is 10.4 Å². The molecule has 1 fully saturated rings. The molecule has 2 aromatic rings. The minimum absolute atomic E-state index is 0.0141. The number of hydrogen-bond donors (Lipinski definition) is 1. The van der Waals surface area contributed by atoms with Crippen LogP contribution in [-0.4, -0.2) is 35.1 Å². The molecule has 0 bridgehead atoms. The summed E-state index contributed by atoms with van der Waals surface area (Å²) < 4.78 is 12.9. The van der Waals surface area contributed by atoms with Gasteiger partial charge in [0.1, 0.15) is 5.82 Å². The fourth-order valence-corrected chi connectivity index (χ4v) is 3.43. The number of rotatable bonds is 2. The van der Waals surface area contributed by atoms with E-state index < -0.39 is 0 Å². The molecule has 1 amide bonds. The fraction of sp³-hybridized carbons (Fsp3) is 0.312. The summed E-state index contributed by atoms with van der Waals surface area (Å²) in [4.78, 5) is 15.8. The normalized spacial score (nSPS) is 16.2. The van der Waals surface area contributed by atoms with Gasteiger partial charge in [-0.3, -0.25) is 4.79 Å². The molecule has 0 unspecified atom stereocenters. The SMILES string of the molecule is O=C(c1ccc(-c2ccc(F)cc2)s1)N1CCC(O)CC1. The number of aliphatic hydroxyl groups excluding tert-OH is 1. The first-order valence-electron chi connectivity index (χ1n) is 6.96. The average molecular weight is 305 g/mol. The molecule has 1 aliphatic heterocycles. The summed E-state index contributed by atoms with van der Waals surface area (Å²) in [5.41, 5.74) is 0.912. The molecule has 0 radical (unpaired) electrons. The highest BCUT2D eigenvalue weighted by Gasteiger charge is 2.23. The highest BCUT2D eigenvalue weighted by molar-refractivity contribution is 7.17. The number of halogens is 1. The van der Waals surface area contributed by atoms with Gasteiger partial charge in [0, 0.05) is 18.0 Å². The van der Waals surface area contributed by atoms with Crippen LogP contribution < -0.4 is 0 Å². The zero-order chi connectivity index (χ0) is 14.8. The molecular formula is C16H16FNO2S. The van der Waals surface area contributed by atoms with Crippen LogP contribution >= 0.6 is 11.3 Å². The summed E-state index contributed by atoms with van der Waals surface area (Å²) in [7, 11) is 0. The number of benzene rings is 1. The highest BCUT2D eigenvalue weighted by Crippen LogP contribution is 2.29. The summed E-state index contributed by atoms with van der Waals surface area (Å²) in [6, 6.07) is 9.98. The van der Waals surface area contributed by atoms with Gasteiger partial charge in [0.15, 0.2) is 0 Å². The van der Waals surface area contributed by atoms with Gasteiger partial charge in [0.05, 0.1) is 11.0 Å². The third kappa shape index (κ3) is 3.14. The summed E-state index contributed by atoms with van der Waals surface area (Å²) in [6.45, 7) is 1.20. The quantitative estimate of drug-likeness (QED) is 0.926. The van der Waals surface area contributed by atoms with Crippen molar-refractivity contribution in [3.05, 3.63) is 47.1 Å². The first-order valence-corrected chi connectivity index (χ1v) is 7.78. The number of nitrogens with zero attached hydrogens (tertiary/aromatic N) is 1. The molecule has 0 aliphatic carbocycles. The maximum absolute atomic E-state index is 12.9. The topological polar surface area (TPSA) is 40.5 Å². The summed E-state index contributed by atoms with van der Waals surface area (Å²) in [5.74, 6) is -0.251. The predicted molar refractivity (Wildman–Crippen MR) is 80.9 cm³/mol. The van der Waals surface area contributed by atoms with Crippen LogP contribution in [0.15, 0.2) is 36.4 Å². The average Bonchev–Trinajstić information content (AvgIpc) is 2.98. The number of hydrogen-bond acceptors (Lipinski definition) is 3. The van der Waals surface area contributed by atoms with Crippen molar-refractivity contribution in [2.45, 2.75) is 18.9 Å². The first-order chi connectivity index (χ1) is 10.1. The van der Waals surface area contributed by atoms with Crippen LogP contribution in [0.4, 0.5) is 4.39 Å². The van der Waals surface area contributed by atoms with Gasteiger partial charge in [-0.15, -0.1) is 11.3 Å². The van der Waals surface area contributed by atoms with E-state index in [0.29, 0.717) is 30.8 Å². The Morgan fingerprint density at radius 2 is 1.81 bits per heavy atom. The van der Waals surface area contributed by atoms with Crippen LogP contribution in [0.5, 0.6) is 0 Å². The van der Waals surface area contributed by atoms with Crippen molar-refractivity contribution in [1.82, 2.24) is 4.90 Å². The van der Waals surface area contributed by atoms with Gasteiger partial charge in [-0.25, -0.2) is 4.39 Å². The van der Waals surface area contributed by atoms with Gasteiger partial charge < -0.3 is 10.0 Å². The second-order valence-corrected chi connectivity index (χ2v) is 6.28. The number of carbonyl (C=O) groups is 1. The van der Waals surface area contributed by atoms with E-state index in [1.807, 2.05) is 12.1 Å². The minimum atomic E-state index is -0.285. The second kappa shape index (κ2) is 5.95. The number of piperidine rings is 1. The molecular weight excluding hydrogens is 289 g/mol. The Labute approximate surface area is 126 Å². The summed E-state index contributed by atoms with van der Waals surface area (Å²) in [5, 5.41) is 9.49. The van der Waals surface area contributed by atoms with Gasteiger partial charge in [-0.05, 0) is 42.7 Å². The molecule has 21 heavy (non-hydrogen) atoms. The lowest BCUT2D eigenvalue weighted by atomic mass is 10.1. The Bertz CT molecular complexity index is 630. The smallest absolute Gasteiger partial charge is 0.263 e. The minimum Gasteiger partial charge on any atom is -0.393 e. The Morgan fingerprint density at radius 1 is 1.14 bits per heavy atom. The van der Waals surface area contributed by atoms with E-state index >= 15 is 0 Å². The summed E-state index contributed by atoms with van der Waals surface area (Å²) in [6.07, 6.45) is 0.997. The van der Waals surface area contributed by atoms with Crippen molar-refractivity contribution in [2.75, 3.05) is 13.1 Å². The molecule has 1 saturated heterocycles. The summed E-state index contributed by atoms with van der Waals surface area (Å²) >= 11 is 1.42. The van der Waals surface area contributed by atoms with Crippen molar-refractivity contribution in [3.63, 3.8) is 0 Å². The van der Waals surface area contributed by atoms with Gasteiger partial charge in [0.2, 0.25) is 0 Å². The van der Waals surface area contributed by atoms with Crippen molar-refractivity contribution >= 4 is 17.2 Å². The van der Waals surface area contributed by atoms with E-state index in [-0.39, 0.29) is 17.8 Å². The maximum atomic E-state index is 12.9. The van der Waals surface area contributed by atoms with E-state index in [0.717, 1.165) is 10.4 Å². The molecule has 110 valence electrons. The Hall–Kier alpha value is -1.72. The van der Waals surface area contributed by atoms with Crippen molar-refractivity contribution in [1.29, 1.82) is 0 Å². The number of carbonyl (C=O) groups excluding carboxylic acids is 1. The molecule has 0 saturated carbocycles. The van der Waals surface area contributed by atoms with Gasteiger partial charge in [-0.2, -0.15) is 0 Å². The van der Waals surface area contributed by atoms with E-state index in [4.69, 9.17) is 0 Å². The molecule has 1 aromatic heterocycles. The molecule has 0 atom stereocenters. The van der Waals surface area contributed by atoms with Crippen LogP contribution in [0.25, 0.3) is 10.4 Å². The Morgan fingerprint density at radius 3 is 2.48 bits per heavy atom. The predicted octanol–water partition coefficient (Wildman–Crippen LogP) is 3.15. The molecule has 1 aliphatic rings. The molecule has 1 aromatic carbocycles. The lowest BCUT2D eigenvalue weighted by Crippen LogP contribution is -2.39. The number of likely N-dealkylation sites (tertiary alicyclic amines) is 1. The van der Waals surface area contributed by atoms with Crippen LogP contribution in [0.1, 0.15) is 22.5 Å². The van der Waals surface area contributed by atoms with Crippen LogP contribution in [0.2, 0.25) is 0 Å². The lowest BCUT2D eigenvalue weighted by molar-refractivity contribution is 0.0550. The van der Waals surface area contributed by atoms with E-state index in [1.165, 1.54) is 23.5 Å². The second-order valence-electron chi connectivity index (χ2n) is 5.19. The molecule has 5 heteroatoms. The highest BCUT2D eigenvalue weighted by atomic mass is 32.1. The Kier molecular flexibility index (Phi) is 4.03.